The predicted molar refractivity (Wildman–Crippen MR) is 88.1 cm³/mol. The van der Waals surface area contributed by atoms with Crippen LogP contribution in [0.25, 0.3) is 11.5 Å². The molecule has 0 saturated carbocycles. The Kier molecular flexibility index (Phi) is 5.22. The molecular weight excluding hydrogens is 308 g/mol. The average molecular weight is 330 g/mol. The van der Waals surface area contributed by atoms with Gasteiger partial charge in [-0.1, -0.05) is 23.4 Å². The average Bonchev–Trinajstić information content (AvgIpc) is 3.05. The van der Waals surface area contributed by atoms with Gasteiger partial charge in [0, 0.05) is 24.7 Å². The van der Waals surface area contributed by atoms with Gasteiger partial charge >= 0.3 is 0 Å². The fraction of sp³-hybridized carbons (Fsp3) is 0.471. The summed E-state index contributed by atoms with van der Waals surface area (Å²) in [6, 6.07) is 9.75. The number of carbonyl (C=O) groups excluding carboxylic acids is 1. The Balaban J connectivity index is 1.63. The lowest BCUT2D eigenvalue weighted by Crippen LogP contribution is -2.45. The number of benzene rings is 1. The third-order valence-electron chi connectivity index (χ3n) is 3.72. The van der Waals surface area contributed by atoms with E-state index in [9.17, 15) is 4.79 Å². The number of hydrogen-bond acceptors (Lipinski definition) is 6. The second-order valence-corrected chi connectivity index (χ2v) is 6.14. The second-order valence-electron chi connectivity index (χ2n) is 6.14. The Hall–Kier alpha value is -2.25. The first kappa shape index (κ1) is 16.6. The van der Waals surface area contributed by atoms with Gasteiger partial charge in [0.05, 0.1) is 13.2 Å². The zero-order chi connectivity index (χ0) is 16.9. The van der Waals surface area contributed by atoms with Gasteiger partial charge in [-0.3, -0.25) is 9.69 Å². The van der Waals surface area contributed by atoms with Crippen molar-refractivity contribution >= 4 is 5.91 Å². The molecule has 1 aliphatic heterocycles. The van der Waals surface area contributed by atoms with Crippen LogP contribution in [0.2, 0.25) is 0 Å². The van der Waals surface area contributed by atoms with E-state index in [-0.39, 0.29) is 18.1 Å². The highest BCUT2D eigenvalue weighted by Crippen LogP contribution is 2.23. The molecule has 7 heteroatoms. The number of aromatic nitrogens is 2. The van der Waals surface area contributed by atoms with Crippen molar-refractivity contribution in [1.29, 1.82) is 0 Å². The van der Waals surface area contributed by atoms with Gasteiger partial charge in [0.15, 0.2) is 0 Å². The summed E-state index contributed by atoms with van der Waals surface area (Å²) < 4.78 is 11.1. The fourth-order valence-corrected chi connectivity index (χ4v) is 2.64. The van der Waals surface area contributed by atoms with Crippen LogP contribution in [0.3, 0.4) is 0 Å². The number of nitrogens with one attached hydrogen (secondary N) is 1. The molecule has 0 radical (unpaired) electrons. The summed E-state index contributed by atoms with van der Waals surface area (Å²) in [5.41, 5.74) is 0.875. The maximum Gasteiger partial charge on any atom is 0.258 e. The molecule has 0 spiro atoms. The van der Waals surface area contributed by atoms with Crippen molar-refractivity contribution in [3.8, 4) is 11.5 Å². The maximum absolute atomic E-state index is 11.9. The molecule has 1 unspecified atom stereocenters. The van der Waals surface area contributed by atoms with Crippen LogP contribution in [0.15, 0.2) is 34.9 Å². The van der Waals surface area contributed by atoms with Crippen molar-refractivity contribution in [2.24, 2.45) is 0 Å². The maximum atomic E-state index is 11.9. The quantitative estimate of drug-likeness (QED) is 0.897. The summed E-state index contributed by atoms with van der Waals surface area (Å²) in [6.45, 7) is 6.07. The second kappa shape index (κ2) is 7.55. The van der Waals surface area contributed by atoms with Gasteiger partial charge in [-0.15, -0.1) is 0 Å². The summed E-state index contributed by atoms with van der Waals surface area (Å²) >= 11 is 0. The van der Waals surface area contributed by atoms with E-state index in [0.717, 1.165) is 5.56 Å². The van der Waals surface area contributed by atoms with Gasteiger partial charge in [-0.05, 0) is 26.0 Å². The molecule has 1 aliphatic rings. The fourth-order valence-electron chi connectivity index (χ4n) is 2.64. The molecule has 2 heterocycles. The number of amides is 1. The molecule has 24 heavy (non-hydrogen) atoms. The van der Waals surface area contributed by atoms with E-state index in [1.165, 1.54) is 0 Å². The number of rotatable bonds is 5. The Bertz CT molecular complexity index is 671. The zero-order valence-electron chi connectivity index (χ0n) is 13.9. The number of morpholine rings is 1. The third-order valence-corrected chi connectivity index (χ3v) is 3.72. The van der Waals surface area contributed by atoms with Gasteiger partial charge in [0.25, 0.3) is 5.89 Å². The monoisotopic (exact) mass is 330 g/mol. The van der Waals surface area contributed by atoms with Crippen molar-refractivity contribution in [3.63, 3.8) is 0 Å². The zero-order valence-corrected chi connectivity index (χ0v) is 13.9. The van der Waals surface area contributed by atoms with Crippen molar-refractivity contribution in [2.45, 2.75) is 26.0 Å². The molecule has 2 aromatic rings. The molecule has 7 nitrogen and oxygen atoms in total. The number of hydrogen-bond donors (Lipinski definition) is 1. The highest BCUT2D eigenvalue weighted by Gasteiger charge is 2.27. The lowest BCUT2D eigenvalue weighted by Gasteiger charge is -2.30. The molecule has 0 bridgehead atoms. The summed E-state index contributed by atoms with van der Waals surface area (Å²) in [5, 5.41) is 6.94. The minimum absolute atomic E-state index is 0.0173. The Morgan fingerprint density at radius 2 is 2.17 bits per heavy atom. The van der Waals surface area contributed by atoms with Crippen LogP contribution in [0, 0.1) is 0 Å². The Morgan fingerprint density at radius 1 is 1.38 bits per heavy atom. The molecule has 3 rings (SSSR count). The van der Waals surface area contributed by atoms with Gasteiger partial charge in [-0.25, -0.2) is 0 Å². The molecule has 1 atom stereocenters. The normalized spacial score (nSPS) is 18.7. The van der Waals surface area contributed by atoms with Crippen LogP contribution in [-0.4, -0.2) is 53.2 Å². The van der Waals surface area contributed by atoms with Crippen LogP contribution in [0.4, 0.5) is 0 Å². The van der Waals surface area contributed by atoms with E-state index >= 15 is 0 Å². The standard InChI is InChI=1S/C17H22N4O3/c1-12(2)18-15(22)11-21-8-9-23-14(10-21)16-19-17(24-20-16)13-6-4-3-5-7-13/h3-7,12,14H,8-11H2,1-2H3,(H,18,22). The topological polar surface area (TPSA) is 80.5 Å². The lowest BCUT2D eigenvalue weighted by atomic mass is 10.2. The molecule has 128 valence electrons. The molecule has 1 aromatic carbocycles. The minimum Gasteiger partial charge on any atom is -0.367 e. The van der Waals surface area contributed by atoms with Crippen molar-refractivity contribution in [1.82, 2.24) is 20.4 Å². The van der Waals surface area contributed by atoms with Gasteiger partial charge in [0.2, 0.25) is 11.7 Å². The number of ether oxygens (including phenoxy) is 1. The SMILES string of the molecule is CC(C)NC(=O)CN1CCOC(c2noc(-c3ccccc3)n2)C1. The van der Waals surface area contributed by atoms with Gasteiger partial charge in [-0.2, -0.15) is 4.98 Å². The van der Waals surface area contributed by atoms with Crippen molar-refractivity contribution < 1.29 is 14.1 Å². The summed E-state index contributed by atoms with van der Waals surface area (Å²) in [4.78, 5) is 18.4. The van der Waals surface area contributed by atoms with E-state index in [1.54, 1.807) is 0 Å². The smallest absolute Gasteiger partial charge is 0.258 e. The Labute approximate surface area is 141 Å². The first-order chi connectivity index (χ1) is 11.6. The molecule has 1 fully saturated rings. The Morgan fingerprint density at radius 3 is 2.92 bits per heavy atom. The largest absolute Gasteiger partial charge is 0.367 e. The predicted octanol–water partition coefficient (Wildman–Crippen LogP) is 1.63. The number of nitrogens with zero attached hydrogens (tertiary/aromatic N) is 3. The molecule has 1 amide bonds. The molecule has 1 saturated heterocycles. The molecule has 0 aliphatic carbocycles. The van der Waals surface area contributed by atoms with Crippen LogP contribution in [0.1, 0.15) is 25.8 Å². The van der Waals surface area contributed by atoms with Crippen molar-refractivity contribution in [3.05, 3.63) is 36.2 Å². The number of carbonyl (C=O) groups is 1. The van der Waals surface area contributed by atoms with Crippen LogP contribution in [-0.2, 0) is 9.53 Å². The van der Waals surface area contributed by atoms with E-state index in [2.05, 4.69) is 15.5 Å². The van der Waals surface area contributed by atoms with E-state index in [1.807, 2.05) is 49.1 Å². The van der Waals surface area contributed by atoms with Crippen LogP contribution >= 0.6 is 0 Å². The van der Waals surface area contributed by atoms with Crippen LogP contribution < -0.4 is 5.32 Å². The first-order valence-electron chi connectivity index (χ1n) is 8.14. The highest BCUT2D eigenvalue weighted by atomic mass is 16.5. The minimum atomic E-state index is -0.285. The van der Waals surface area contributed by atoms with E-state index < -0.39 is 0 Å². The third kappa shape index (κ3) is 4.18. The summed E-state index contributed by atoms with van der Waals surface area (Å²) in [6.07, 6.45) is -0.285. The van der Waals surface area contributed by atoms with Crippen LogP contribution in [0.5, 0.6) is 0 Å². The van der Waals surface area contributed by atoms with E-state index in [4.69, 9.17) is 9.26 Å². The van der Waals surface area contributed by atoms with Gasteiger partial charge < -0.3 is 14.6 Å². The molecule has 1 N–H and O–H groups in total. The first-order valence-corrected chi connectivity index (χ1v) is 8.14. The van der Waals surface area contributed by atoms with Crippen molar-refractivity contribution in [2.75, 3.05) is 26.2 Å². The lowest BCUT2D eigenvalue weighted by molar-refractivity contribution is -0.125. The molecule has 1 aromatic heterocycles. The summed E-state index contributed by atoms with van der Waals surface area (Å²) in [7, 11) is 0. The van der Waals surface area contributed by atoms with Gasteiger partial charge in [0.1, 0.15) is 6.10 Å². The highest BCUT2D eigenvalue weighted by molar-refractivity contribution is 5.78. The van der Waals surface area contributed by atoms with E-state index in [0.29, 0.717) is 38.0 Å². The summed E-state index contributed by atoms with van der Waals surface area (Å²) in [5.74, 6) is 1.01. The molecular formula is C17H22N4O3.